The molecule has 0 aliphatic carbocycles. The Morgan fingerprint density at radius 1 is 1.37 bits per heavy atom. The van der Waals surface area contributed by atoms with E-state index >= 15 is 0 Å². The zero-order valence-electron chi connectivity index (χ0n) is 10.9. The summed E-state index contributed by atoms with van der Waals surface area (Å²) < 4.78 is 1.64. The standard InChI is InChI=1S/C13H16N4O2/c1-9-3-5-11(6-4-9)12-14-15-16-17(12)8-7-10(2)13(18)19/h3-6,10H,7-8H2,1-2H3,(H,18,19). The molecule has 1 aromatic heterocycles. The smallest absolute Gasteiger partial charge is 0.306 e. The zero-order chi connectivity index (χ0) is 13.8. The molecule has 100 valence electrons. The maximum Gasteiger partial charge on any atom is 0.306 e. The van der Waals surface area contributed by atoms with Crippen molar-refractivity contribution >= 4 is 5.97 Å². The average molecular weight is 260 g/mol. The number of aliphatic carboxylic acids is 1. The molecular weight excluding hydrogens is 244 g/mol. The SMILES string of the molecule is Cc1ccc(-c2nnnn2CCC(C)C(=O)O)cc1. The van der Waals surface area contributed by atoms with Crippen molar-refractivity contribution in [2.75, 3.05) is 0 Å². The largest absolute Gasteiger partial charge is 0.481 e. The van der Waals surface area contributed by atoms with Gasteiger partial charge < -0.3 is 5.11 Å². The Balaban J connectivity index is 2.14. The Bertz CT molecular complexity index is 562. The molecule has 0 spiro atoms. The van der Waals surface area contributed by atoms with E-state index in [0.717, 1.165) is 5.56 Å². The quantitative estimate of drug-likeness (QED) is 0.885. The van der Waals surface area contributed by atoms with Crippen molar-refractivity contribution in [2.45, 2.75) is 26.8 Å². The molecule has 0 radical (unpaired) electrons. The second-order valence-corrected chi connectivity index (χ2v) is 4.62. The molecule has 0 bridgehead atoms. The van der Waals surface area contributed by atoms with E-state index in [9.17, 15) is 4.79 Å². The Hall–Kier alpha value is -2.24. The van der Waals surface area contributed by atoms with Crippen molar-refractivity contribution < 1.29 is 9.90 Å². The molecular formula is C13H16N4O2. The summed E-state index contributed by atoms with van der Waals surface area (Å²) in [5.41, 5.74) is 2.10. The highest BCUT2D eigenvalue weighted by molar-refractivity contribution is 5.69. The van der Waals surface area contributed by atoms with Crippen molar-refractivity contribution in [3.05, 3.63) is 29.8 Å². The average Bonchev–Trinajstić information content (AvgIpc) is 2.85. The lowest BCUT2D eigenvalue weighted by Gasteiger charge is -2.07. The molecule has 6 heteroatoms. The summed E-state index contributed by atoms with van der Waals surface area (Å²) in [6, 6.07) is 7.90. The third kappa shape index (κ3) is 3.15. The van der Waals surface area contributed by atoms with Gasteiger partial charge in [0.2, 0.25) is 0 Å². The number of aromatic nitrogens is 4. The fourth-order valence-electron chi connectivity index (χ4n) is 1.70. The topological polar surface area (TPSA) is 80.9 Å². The summed E-state index contributed by atoms with van der Waals surface area (Å²) in [4.78, 5) is 10.8. The lowest BCUT2D eigenvalue weighted by atomic mass is 10.1. The predicted molar refractivity (Wildman–Crippen MR) is 69.4 cm³/mol. The normalized spacial score (nSPS) is 12.3. The van der Waals surface area contributed by atoms with Gasteiger partial charge >= 0.3 is 5.97 Å². The maximum absolute atomic E-state index is 10.8. The van der Waals surface area contributed by atoms with E-state index in [1.165, 1.54) is 5.56 Å². The summed E-state index contributed by atoms with van der Waals surface area (Å²) in [6.45, 7) is 4.18. The van der Waals surface area contributed by atoms with Crippen LogP contribution in [-0.4, -0.2) is 31.3 Å². The van der Waals surface area contributed by atoms with Gasteiger partial charge in [0, 0.05) is 12.1 Å². The second-order valence-electron chi connectivity index (χ2n) is 4.62. The van der Waals surface area contributed by atoms with Crippen LogP contribution in [0.5, 0.6) is 0 Å². The van der Waals surface area contributed by atoms with Gasteiger partial charge in [-0.25, -0.2) is 4.68 Å². The first-order valence-electron chi connectivity index (χ1n) is 6.14. The molecule has 1 N–H and O–H groups in total. The molecule has 2 aromatic rings. The summed E-state index contributed by atoms with van der Waals surface area (Å²) >= 11 is 0. The van der Waals surface area contributed by atoms with E-state index < -0.39 is 11.9 Å². The fraction of sp³-hybridized carbons (Fsp3) is 0.385. The van der Waals surface area contributed by atoms with E-state index in [4.69, 9.17) is 5.11 Å². The number of nitrogens with zero attached hydrogens (tertiary/aromatic N) is 4. The van der Waals surface area contributed by atoms with Crippen LogP contribution >= 0.6 is 0 Å². The molecule has 6 nitrogen and oxygen atoms in total. The van der Waals surface area contributed by atoms with Gasteiger partial charge in [-0.2, -0.15) is 0 Å². The summed E-state index contributed by atoms with van der Waals surface area (Å²) in [5.74, 6) is -0.544. The lowest BCUT2D eigenvalue weighted by Crippen LogP contribution is -2.13. The molecule has 2 rings (SSSR count). The van der Waals surface area contributed by atoms with Crippen LogP contribution in [0.3, 0.4) is 0 Å². The highest BCUT2D eigenvalue weighted by atomic mass is 16.4. The van der Waals surface area contributed by atoms with E-state index in [2.05, 4.69) is 15.5 Å². The van der Waals surface area contributed by atoms with E-state index in [1.807, 2.05) is 31.2 Å². The first-order valence-corrected chi connectivity index (χ1v) is 6.14. The first-order chi connectivity index (χ1) is 9.08. The van der Waals surface area contributed by atoms with E-state index in [0.29, 0.717) is 18.8 Å². The van der Waals surface area contributed by atoms with E-state index in [1.54, 1.807) is 11.6 Å². The number of hydrogen-bond acceptors (Lipinski definition) is 4. The minimum atomic E-state index is -0.801. The maximum atomic E-state index is 10.8. The predicted octanol–water partition coefficient (Wildman–Crippen LogP) is 1.76. The first kappa shape index (κ1) is 13.2. The molecule has 1 atom stereocenters. The van der Waals surface area contributed by atoms with Crippen molar-refractivity contribution in [1.82, 2.24) is 20.2 Å². The van der Waals surface area contributed by atoms with Crippen molar-refractivity contribution in [1.29, 1.82) is 0 Å². The fourth-order valence-corrected chi connectivity index (χ4v) is 1.70. The number of tetrazole rings is 1. The van der Waals surface area contributed by atoms with E-state index in [-0.39, 0.29) is 0 Å². The molecule has 19 heavy (non-hydrogen) atoms. The molecule has 0 saturated heterocycles. The van der Waals surface area contributed by atoms with Crippen molar-refractivity contribution in [2.24, 2.45) is 5.92 Å². The number of benzene rings is 1. The van der Waals surface area contributed by atoms with Gasteiger partial charge in [0.15, 0.2) is 5.82 Å². The van der Waals surface area contributed by atoms with Crippen LogP contribution in [0.2, 0.25) is 0 Å². The summed E-state index contributed by atoms with van der Waals surface area (Å²) in [7, 11) is 0. The van der Waals surface area contributed by atoms with Crippen LogP contribution in [0.4, 0.5) is 0 Å². The minimum absolute atomic E-state index is 0.407. The summed E-state index contributed by atoms with van der Waals surface area (Å²) in [6.07, 6.45) is 0.499. The van der Waals surface area contributed by atoms with Crippen LogP contribution < -0.4 is 0 Å². The molecule has 0 aliphatic heterocycles. The number of rotatable bonds is 5. The molecule has 0 fully saturated rings. The van der Waals surface area contributed by atoms with Gasteiger partial charge in [-0.05, 0) is 23.8 Å². The van der Waals surface area contributed by atoms with Crippen molar-refractivity contribution in [3.63, 3.8) is 0 Å². The lowest BCUT2D eigenvalue weighted by molar-refractivity contribution is -0.141. The second kappa shape index (κ2) is 5.60. The van der Waals surface area contributed by atoms with Crippen LogP contribution in [0.1, 0.15) is 18.9 Å². The monoisotopic (exact) mass is 260 g/mol. The van der Waals surface area contributed by atoms with Crippen molar-refractivity contribution in [3.8, 4) is 11.4 Å². The molecule has 1 heterocycles. The third-order valence-corrected chi connectivity index (χ3v) is 3.04. The highest BCUT2D eigenvalue weighted by Crippen LogP contribution is 2.17. The Kier molecular flexibility index (Phi) is 3.89. The number of aryl methyl sites for hydroxylation is 2. The van der Waals surface area contributed by atoms with Gasteiger partial charge in [-0.1, -0.05) is 36.8 Å². The highest BCUT2D eigenvalue weighted by Gasteiger charge is 2.14. The molecule has 0 saturated carbocycles. The molecule has 1 aromatic carbocycles. The number of hydrogen-bond donors (Lipinski definition) is 1. The number of carbonyl (C=O) groups is 1. The zero-order valence-corrected chi connectivity index (χ0v) is 10.9. The molecule has 0 aliphatic rings. The van der Waals surface area contributed by atoms with Gasteiger partial charge in [0.1, 0.15) is 0 Å². The minimum Gasteiger partial charge on any atom is -0.481 e. The molecule has 0 amide bonds. The van der Waals surface area contributed by atoms with Gasteiger partial charge in [-0.3, -0.25) is 4.79 Å². The third-order valence-electron chi connectivity index (χ3n) is 3.04. The van der Waals surface area contributed by atoms with Crippen LogP contribution in [0, 0.1) is 12.8 Å². The van der Waals surface area contributed by atoms with Crippen LogP contribution in [-0.2, 0) is 11.3 Å². The van der Waals surface area contributed by atoms with Crippen LogP contribution in [0.25, 0.3) is 11.4 Å². The van der Waals surface area contributed by atoms with Gasteiger partial charge in [-0.15, -0.1) is 5.10 Å². The van der Waals surface area contributed by atoms with Gasteiger partial charge in [0.25, 0.3) is 0 Å². The van der Waals surface area contributed by atoms with Crippen LogP contribution in [0.15, 0.2) is 24.3 Å². The summed E-state index contributed by atoms with van der Waals surface area (Å²) in [5, 5.41) is 20.4. The Labute approximate surface area is 111 Å². The number of carboxylic acids is 1. The number of carboxylic acid groups (broad SMARTS) is 1. The Morgan fingerprint density at radius 2 is 2.05 bits per heavy atom. The van der Waals surface area contributed by atoms with Gasteiger partial charge in [0.05, 0.1) is 5.92 Å². The molecule has 1 unspecified atom stereocenters. The Morgan fingerprint density at radius 3 is 2.68 bits per heavy atom.